The van der Waals surface area contributed by atoms with E-state index in [-0.39, 0.29) is 6.54 Å². The third-order valence-electron chi connectivity index (χ3n) is 1.46. The Morgan fingerprint density at radius 2 is 2.44 bits per heavy atom. The highest BCUT2D eigenvalue weighted by Gasteiger charge is 2.17. The van der Waals surface area contributed by atoms with Gasteiger partial charge in [0, 0.05) is 6.54 Å². The second-order valence-corrected chi connectivity index (χ2v) is 2.23. The predicted molar refractivity (Wildman–Crippen MR) is 31.5 cm³/mol. The summed E-state index contributed by atoms with van der Waals surface area (Å²) in [5, 5.41) is 3.87. The Hall–Kier alpha value is -0.670. The van der Waals surface area contributed by atoms with E-state index in [1.807, 2.05) is 0 Å². The van der Waals surface area contributed by atoms with Crippen molar-refractivity contribution in [1.82, 2.24) is 5.01 Å². The first-order valence-electron chi connectivity index (χ1n) is 3.05. The molecule has 0 aromatic carbocycles. The summed E-state index contributed by atoms with van der Waals surface area (Å²) in [7, 11) is 0. The lowest BCUT2D eigenvalue weighted by Gasteiger charge is -2.22. The molecule has 0 aromatic rings. The van der Waals surface area contributed by atoms with Crippen molar-refractivity contribution >= 4 is 0 Å². The van der Waals surface area contributed by atoms with Crippen LogP contribution in [0.15, 0.2) is 5.29 Å². The molecule has 0 radical (unpaired) electrons. The summed E-state index contributed by atoms with van der Waals surface area (Å²) in [6.45, 7) is 0.799. The van der Waals surface area contributed by atoms with Crippen molar-refractivity contribution in [1.29, 1.82) is 0 Å². The smallest absolute Gasteiger partial charge is 0.119 e. The second kappa shape index (κ2) is 2.75. The first-order valence-corrected chi connectivity index (χ1v) is 3.05. The normalized spacial score (nSPS) is 28.1. The van der Waals surface area contributed by atoms with E-state index in [9.17, 15) is 9.30 Å². The van der Waals surface area contributed by atoms with Gasteiger partial charge in [-0.25, -0.2) is 4.39 Å². The molecule has 0 amide bonds. The Kier molecular flexibility index (Phi) is 1.97. The molecule has 1 saturated heterocycles. The zero-order valence-corrected chi connectivity index (χ0v) is 5.09. The molecule has 4 heteroatoms. The number of hydrogen-bond donors (Lipinski definition) is 0. The summed E-state index contributed by atoms with van der Waals surface area (Å²) in [6, 6.07) is 0. The molecule has 3 nitrogen and oxygen atoms in total. The number of nitroso groups, excluding NO2 is 1. The average Bonchev–Trinajstić information content (AvgIpc) is 1.88. The zero-order valence-electron chi connectivity index (χ0n) is 5.09. The first-order chi connectivity index (χ1) is 4.33. The molecule has 1 rings (SSSR count). The van der Waals surface area contributed by atoms with E-state index in [1.165, 1.54) is 5.01 Å². The van der Waals surface area contributed by atoms with Crippen molar-refractivity contribution in [2.24, 2.45) is 5.29 Å². The Morgan fingerprint density at radius 1 is 1.67 bits per heavy atom. The molecule has 1 fully saturated rings. The van der Waals surface area contributed by atoms with Gasteiger partial charge in [-0.1, -0.05) is 0 Å². The fourth-order valence-corrected chi connectivity index (χ4v) is 0.981. The number of alkyl halides is 1. The van der Waals surface area contributed by atoms with Gasteiger partial charge in [0.25, 0.3) is 0 Å². The van der Waals surface area contributed by atoms with Crippen LogP contribution in [0.3, 0.4) is 0 Å². The van der Waals surface area contributed by atoms with Crippen molar-refractivity contribution < 1.29 is 4.39 Å². The number of piperidine rings is 1. The Bertz CT molecular complexity index is 109. The lowest BCUT2D eigenvalue weighted by atomic mass is 10.1. The zero-order chi connectivity index (χ0) is 6.69. The fraction of sp³-hybridized carbons (Fsp3) is 1.00. The molecule has 0 bridgehead atoms. The van der Waals surface area contributed by atoms with Crippen molar-refractivity contribution in [2.75, 3.05) is 13.1 Å². The van der Waals surface area contributed by atoms with E-state index in [4.69, 9.17) is 0 Å². The topological polar surface area (TPSA) is 32.7 Å². The fourth-order valence-electron chi connectivity index (χ4n) is 0.981. The van der Waals surface area contributed by atoms with E-state index in [0.717, 1.165) is 6.42 Å². The lowest BCUT2D eigenvalue weighted by Crippen LogP contribution is -2.31. The van der Waals surface area contributed by atoms with Gasteiger partial charge in [0.2, 0.25) is 0 Å². The van der Waals surface area contributed by atoms with E-state index in [2.05, 4.69) is 5.29 Å². The second-order valence-electron chi connectivity index (χ2n) is 2.23. The maximum Gasteiger partial charge on any atom is 0.119 e. The molecule has 1 aliphatic rings. The Labute approximate surface area is 52.8 Å². The van der Waals surface area contributed by atoms with E-state index < -0.39 is 6.17 Å². The monoisotopic (exact) mass is 132 g/mol. The summed E-state index contributed by atoms with van der Waals surface area (Å²) < 4.78 is 12.4. The minimum atomic E-state index is -0.851. The molecular weight excluding hydrogens is 123 g/mol. The van der Waals surface area contributed by atoms with E-state index in [0.29, 0.717) is 13.0 Å². The predicted octanol–water partition coefficient (Wildman–Crippen LogP) is 1.10. The molecule has 1 atom stereocenters. The summed E-state index contributed by atoms with van der Waals surface area (Å²) in [6.07, 6.45) is 0.468. The highest BCUT2D eigenvalue weighted by molar-refractivity contribution is 4.68. The molecule has 1 heterocycles. The van der Waals surface area contributed by atoms with Crippen molar-refractivity contribution in [3.63, 3.8) is 0 Å². The molecule has 0 aliphatic carbocycles. The van der Waals surface area contributed by atoms with Crippen molar-refractivity contribution in [3.8, 4) is 0 Å². The van der Waals surface area contributed by atoms with Gasteiger partial charge in [0.05, 0.1) is 11.8 Å². The summed E-state index contributed by atoms with van der Waals surface area (Å²) >= 11 is 0. The van der Waals surface area contributed by atoms with Crippen LogP contribution < -0.4 is 0 Å². The SMILES string of the molecule is O=NN1CCCC(F)C1. The summed E-state index contributed by atoms with van der Waals surface area (Å²) in [5.41, 5.74) is 0. The van der Waals surface area contributed by atoms with Gasteiger partial charge in [-0.2, -0.15) is 0 Å². The van der Waals surface area contributed by atoms with Crippen LogP contribution in [0.5, 0.6) is 0 Å². The van der Waals surface area contributed by atoms with E-state index >= 15 is 0 Å². The van der Waals surface area contributed by atoms with Gasteiger partial charge in [0.15, 0.2) is 0 Å². The molecule has 0 saturated carbocycles. The van der Waals surface area contributed by atoms with Gasteiger partial charge in [-0.05, 0) is 12.8 Å². The van der Waals surface area contributed by atoms with Crippen LogP contribution in [-0.4, -0.2) is 24.3 Å². The van der Waals surface area contributed by atoms with E-state index in [1.54, 1.807) is 0 Å². The van der Waals surface area contributed by atoms with Crippen molar-refractivity contribution in [3.05, 3.63) is 4.91 Å². The average molecular weight is 132 g/mol. The third-order valence-corrected chi connectivity index (χ3v) is 1.46. The molecule has 9 heavy (non-hydrogen) atoms. The van der Waals surface area contributed by atoms with Crippen molar-refractivity contribution in [2.45, 2.75) is 19.0 Å². The Balaban J connectivity index is 2.31. The van der Waals surface area contributed by atoms with Gasteiger partial charge in [-0.3, -0.25) is 5.01 Å². The summed E-state index contributed by atoms with van der Waals surface area (Å²) in [4.78, 5) is 9.81. The van der Waals surface area contributed by atoms with Crippen LogP contribution in [0.1, 0.15) is 12.8 Å². The number of rotatable bonds is 1. The number of hydrogen-bond acceptors (Lipinski definition) is 2. The number of halogens is 1. The highest BCUT2D eigenvalue weighted by Crippen LogP contribution is 2.11. The van der Waals surface area contributed by atoms with Crippen LogP contribution in [0.4, 0.5) is 4.39 Å². The first kappa shape index (κ1) is 6.45. The molecule has 0 aromatic heterocycles. The Morgan fingerprint density at radius 3 is 2.89 bits per heavy atom. The van der Waals surface area contributed by atoms with Crippen LogP contribution >= 0.6 is 0 Å². The molecule has 1 unspecified atom stereocenters. The minimum absolute atomic E-state index is 0.184. The van der Waals surface area contributed by atoms with Crippen LogP contribution in [-0.2, 0) is 0 Å². The molecule has 0 N–H and O–H groups in total. The van der Waals surface area contributed by atoms with Gasteiger partial charge < -0.3 is 0 Å². The standard InChI is InChI=1S/C5H9FN2O/c6-5-2-1-3-8(4-5)7-9/h5H,1-4H2. The molecule has 0 spiro atoms. The molecule has 1 aliphatic heterocycles. The van der Waals surface area contributed by atoms with Gasteiger partial charge in [-0.15, -0.1) is 4.91 Å². The number of nitrogens with zero attached hydrogens (tertiary/aromatic N) is 2. The van der Waals surface area contributed by atoms with Crippen LogP contribution in [0, 0.1) is 4.91 Å². The van der Waals surface area contributed by atoms with Crippen LogP contribution in [0.25, 0.3) is 0 Å². The maximum absolute atomic E-state index is 12.4. The molecule has 52 valence electrons. The minimum Gasteiger partial charge on any atom is -0.258 e. The van der Waals surface area contributed by atoms with Crippen LogP contribution in [0.2, 0.25) is 0 Å². The summed E-state index contributed by atoms with van der Waals surface area (Å²) in [5.74, 6) is 0. The highest BCUT2D eigenvalue weighted by atomic mass is 19.1. The quantitative estimate of drug-likeness (QED) is 0.500. The lowest BCUT2D eigenvalue weighted by molar-refractivity contribution is 0.141. The third kappa shape index (κ3) is 1.62. The van der Waals surface area contributed by atoms with Gasteiger partial charge in [0.1, 0.15) is 6.17 Å². The largest absolute Gasteiger partial charge is 0.258 e. The van der Waals surface area contributed by atoms with Gasteiger partial charge >= 0.3 is 0 Å². The maximum atomic E-state index is 12.4. The molecular formula is C5H9FN2O.